The molecule has 2 N–H and O–H groups in total. The normalized spacial score (nSPS) is 13.9. The van der Waals surface area contributed by atoms with Crippen molar-refractivity contribution >= 4 is 22.6 Å². The standard InChI is InChI=1S/C18H21IO2/c1-3-15(12-5-8-14(20)9-6-12)16(4-2)13-7-10-18(21)17(19)11-13/h5-11,15-16,20-21H,3-4H2,1-2H3. The van der Waals surface area contributed by atoms with Gasteiger partial charge in [0.05, 0.1) is 3.57 Å². The van der Waals surface area contributed by atoms with Gasteiger partial charge < -0.3 is 10.2 Å². The molecule has 0 heterocycles. The summed E-state index contributed by atoms with van der Waals surface area (Å²) in [6.07, 6.45) is 2.08. The van der Waals surface area contributed by atoms with Gasteiger partial charge in [-0.1, -0.05) is 32.0 Å². The summed E-state index contributed by atoms with van der Waals surface area (Å²) in [6.45, 7) is 4.40. The maximum atomic E-state index is 9.71. The molecular weight excluding hydrogens is 375 g/mol. The number of hydrogen-bond donors (Lipinski definition) is 2. The lowest BCUT2D eigenvalue weighted by molar-refractivity contribution is 0.467. The molecule has 0 saturated heterocycles. The van der Waals surface area contributed by atoms with Gasteiger partial charge in [-0.25, -0.2) is 0 Å². The molecule has 2 nitrogen and oxygen atoms in total. The van der Waals surface area contributed by atoms with Crippen LogP contribution in [0.3, 0.4) is 0 Å². The van der Waals surface area contributed by atoms with Crippen molar-refractivity contribution in [2.75, 3.05) is 0 Å². The molecule has 21 heavy (non-hydrogen) atoms. The zero-order chi connectivity index (χ0) is 15.4. The zero-order valence-electron chi connectivity index (χ0n) is 12.4. The van der Waals surface area contributed by atoms with E-state index in [-0.39, 0.29) is 0 Å². The Morgan fingerprint density at radius 1 is 0.857 bits per heavy atom. The fraction of sp³-hybridized carbons (Fsp3) is 0.333. The number of phenolic OH excluding ortho intramolecular Hbond substituents is 2. The molecule has 112 valence electrons. The lowest BCUT2D eigenvalue weighted by atomic mass is 9.78. The van der Waals surface area contributed by atoms with E-state index >= 15 is 0 Å². The van der Waals surface area contributed by atoms with Gasteiger partial charge in [0, 0.05) is 0 Å². The van der Waals surface area contributed by atoms with Crippen LogP contribution in [-0.4, -0.2) is 10.2 Å². The van der Waals surface area contributed by atoms with Crippen molar-refractivity contribution in [2.45, 2.75) is 38.5 Å². The predicted octanol–water partition coefficient (Wildman–Crippen LogP) is 5.39. The van der Waals surface area contributed by atoms with Crippen molar-refractivity contribution in [2.24, 2.45) is 0 Å². The maximum Gasteiger partial charge on any atom is 0.128 e. The van der Waals surface area contributed by atoms with E-state index in [4.69, 9.17) is 0 Å². The van der Waals surface area contributed by atoms with Crippen molar-refractivity contribution in [1.82, 2.24) is 0 Å². The van der Waals surface area contributed by atoms with Gasteiger partial charge in [-0.05, 0) is 82.7 Å². The van der Waals surface area contributed by atoms with Gasteiger partial charge in [-0.3, -0.25) is 0 Å². The molecule has 2 aromatic rings. The summed E-state index contributed by atoms with van der Waals surface area (Å²) in [5.41, 5.74) is 2.52. The first kappa shape index (κ1) is 16.1. The number of phenols is 2. The molecule has 0 spiro atoms. The summed E-state index contributed by atoms with van der Waals surface area (Å²) in [4.78, 5) is 0. The van der Waals surface area contributed by atoms with E-state index in [9.17, 15) is 10.2 Å². The minimum absolute atomic E-state index is 0.306. The Hall–Kier alpha value is -1.23. The van der Waals surface area contributed by atoms with Crippen LogP contribution in [0.1, 0.15) is 49.7 Å². The Labute approximate surface area is 140 Å². The van der Waals surface area contributed by atoms with Gasteiger partial charge in [0.2, 0.25) is 0 Å². The SMILES string of the molecule is CCC(c1ccc(O)cc1)C(CC)c1ccc(O)c(I)c1. The van der Waals surface area contributed by atoms with E-state index in [1.165, 1.54) is 11.1 Å². The minimum Gasteiger partial charge on any atom is -0.508 e. The molecule has 3 heteroatoms. The third-order valence-electron chi connectivity index (χ3n) is 4.09. The third-order valence-corrected chi connectivity index (χ3v) is 4.95. The quantitative estimate of drug-likeness (QED) is 0.666. The number of halogens is 1. The highest BCUT2D eigenvalue weighted by molar-refractivity contribution is 14.1. The average molecular weight is 396 g/mol. The summed E-state index contributed by atoms with van der Waals surface area (Å²) in [6, 6.07) is 13.4. The second-order valence-electron chi connectivity index (χ2n) is 5.33. The topological polar surface area (TPSA) is 40.5 Å². The van der Waals surface area contributed by atoms with Crippen LogP contribution in [0.15, 0.2) is 42.5 Å². The molecule has 0 fully saturated rings. The summed E-state index contributed by atoms with van der Waals surface area (Å²) in [7, 11) is 0. The highest BCUT2D eigenvalue weighted by Gasteiger charge is 2.22. The monoisotopic (exact) mass is 396 g/mol. The fourth-order valence-corrected chi connectivity index (χ4v) is 3.52. The van der Waals surface area contributed by atoms with Crippen molar-refractivity contribution in [3.8, 4) is 11.5 Å². The average Bonchev–Trinajstić information content (AvgIpc) is 2.49. The highest BCUT2D eigenvalue weighted by Crippen LogP contribution is 2.39. The van der Waals surface area contributed by atoms with E-state index in [0.29, 0.717) is 23.3 Å². The molecule has 0 aliphatic heterocycles. The van der Waals surface area contributed by atoms with Crippen molar-refractivity contribution < 1.29 is 10.2 Å². The third kappa shape index (κ3) is 3.70. The maximum absolute atomic E-state index is 9.71. The number of aromatic hydroxyl groups is 2. The lowest BCUT2D eigenvalue weighted by Crippen LogP contribution is -2.10. The fourth-order valence-electron chi connectivity index (χ4n) is 2.98. The first-order chi connectivity index (χ1) is 10.1. The Morgan fingerprint density at radius 2 is 1.38 bits per heavy atom. The molecule has 0 amide bonds. The van der Waals surface area contributed by atoms with E-state index < -0.39 is 0 Å². The molecule has 2 aromatic carbocycles. The van der Waals surface area contributed by atoms with E-state index in [2.05, 4.69) is 42.5 Å². The van der Waals surface area contributed by atoms with Crippen LogP contribution in [0.5, 0.6) is 11.5 Å². The molecule has 0 saturated carbocycles. The first-order valence-electron chi connectivity index (χ1n) is 7.34. The predicted molar refractivity (Wildman–Crippen MR) is 95.0 cm³/mol. The van der Waals surface area contributed by atoms with E-state index in [0.717, 1.165) is 16.4 Å². The molecule has 0 bridgehead atoms. The Morgan fingerprint density at radius 3 is 1.90 bits per heavy atom. The molecular formula is C18H21IO2. The summed E-state index contributed by atoms with van der Waals surface area (Å²) >= 11 is 2.17. The van der Waals surface area contributed by atoms with Gasteiger partial charge >= 0.3 is 0 Å². The van der Waals surface area contributed by atoms with Crippen LogP contribution < -0.4 is 0 Å². The summed E-state index contributed by atoms with van der Waals surface area (Å²) in [5, 5.41) is 19.2. The van der Waals surface area contributed by atoms with Gasteiger partial charge in [0.15, 0.2) is 0 Å². The largest absolute Gasteiger partial charge is 0.508 e. The van der Waals surface area contributed by atoms with E-state index in [1.807, 2.05) is 18.2 Å². The smallest absolute Gasteiger partial charge is 0.128 e. The zero-order valence-corrected chi connectivity index (χ0v) is 14.5. The summed E-state index contributed by atoms with van der Waals surface area (Å²) < 4.78 is 0.893. The highest BCUT2D eigenvalue weighted by atomic mass is 127. The van der Waals surface area contributed by atoms with Crippen LogP contribution in [0.4, 0.5) is 0 Å². The number of benzene rings is 2. The van der Waals surface area contributed by atoms with Crippen LogP contribution in [0.25, 0.3) is 0 Å². The molecule has 0 radical (unpaired) electrons. The van der Waals surface area contributed by atoms with Crippen LogP contribution in [-0.2, 0) is 0 Å². The van der Waals surface area contributed by atoms with E-state index in [1.54, 1.807) is 18.2 Å². The molecule has 0 aliphatic rings. The second-order valence-corrected chi connectivity index (χ2v) is 6.49. The van der Waals surface area contributed by atoms with Crippen molar-refractivity contribution in [3.63, 3.8) is 0 Å². The van der Waals surface area contributed by atoms with Crippen LogP contribution in [0.2, 0.25) is 0 Å². The number of hydrogen-bond acceptors (Lipinski definition) is 2. The second kappa shape index (κ2) is 7.16. The molecule has 2 rings (SSSR count). The number of rotatable bonds is 5. The minimum atomic E-state index is 0.306. The van der Waals surface area contributed by atoms with Crippen molar-refractivity contribution in [3.05, 3.63) is 57.2 Å². The first-order valence-corrected chi connectivity index (χ1v) is 8.42. The van der Waals surface area contributed by atoms with Crippen LogP contribution in [0, 0.1) is 3.57 Å². The molecule has 0 aliphatic carbocycles. The van der Waals surface area contributed by atoms with Crippen molar-refractivity contribution in [1.29, 1.82) is 0 Å². The Kier molecular flexibility index (Phi) is 5.51. The Bertz CT molecular complexity index is 593. The molecule has 0 aromatic heterocycles. The van der Waals surface area contributed by atoms with Gasteiger partial charge in [0.25, 0.3) is 0 Å². The Balaban J connectivity index is 2.36. The van der Waals surface area contributed by atoms with Gasteiger partial charge in [-0.2, -0.15) is 0 Å². The lowest BCUT2D eigenvalue weighted by Gasteiger charge is -2.26. The van der Waals surface area contributed by atoms with Gasteiger partial charge in [-0.15, -0.1) is 0 Å². The summed E-state index contributed by atoms with van der Waals surface area (Å²) in [5.74, 6) is 1.47. The van der Waals surface area contributed by atoms with Gasteiger partial charge in [0.1, 0.15) is 11.5 Å². The molecule has 2 atom stereocenters. The molecule has 2 unspecified atom stereocenters. The van der Waals surface area contributed by atoms with Crippen LogP contribution >= 0.6 is 22.6 Å².